The summed E-state index contributed by atoms with van der Waals surface area (Å²) in [6.45, 7) is 2.30. The Hall–Kier alpha value is -2.37. The van der Waals surface area contributed by atoms with Crippen LogP contribution in [0, 0.1) is 17.7 Å². The van der Waals surface area contributed by atoms with E-state index >= 15 is 0 Å². The third-order valence-electron chi connectivity index (χ3n) is 6.01. The topological polar surface area (TPSA) is 36.7 Å². The van der Waals surface area contributed by atoms with Crippen LogP contribution in [0.5, 0.6) is 0 Å². The average Bonchev–Trinajstić information content (AvgIpc) is 3.32. The van der Waals surface area contributed by atoms with Crippen LogP contribution in [0.2, 0.25) is 0 Å². The zero-order valence-corrected chi connectivity index (χ0v) is 16.4. The summed E-state index contributed by atoms with van der Waals surface area (Å²) in [5, 5.41) is 0.942. The van der Waals surface area contributed by atoms with Crippen LogP contribution in [0.4, 0.5) is 4.39 Å². The third kappa shape index (κ3) is 3.09. The molecule has 2 fully saturated rings. The van der Waals surface area contributed by atoms with Crippen LogP contribution in [0.15, 0.2) is 59.0 Å². The van der Waals surface area contributed by atoms with Crippen molar-refractivity contribution < 1.29 is 13.6 Å². The predicted molar refractivity (Wildman–Crippen MR) is 108 cm³/mol. The van der Waals surface area contributed by atoms with Gasteiger partial charge in [-0.2, -0.15) is 0 Å². The molecule has 4 nitrogen and oxygen atoms in total. The lowest BCUT2D eigenvalue weighted by Crippen LogP contribution is -2.33. The lowest BCUT2D eigenvalue weighted by molar-refractivity contribution is 0.0738. The van der Waals surface area contributed by atoms with Crippen molar-refractivity contribution in [3.63, 3.8) is 0 Å². The molecule has 2 aliphatic rings. The largest absolute Gasteiger partial charge is 0.451 e. The second kappa shape index (κ2) is 7.22. The van der Waals surface area contributed by atoms with Crippen LogP contribution in [0.1, 0.15) is 22.2 Å². The van der Waals surface area contributed by atoms with Gasteiger partial charge in [0.05, 0.1) is 0 Å². The first kappa shape index (κ1) is 19.0. The van der Waals surface area contributed by atoms with Crippen molar-refractivity contribution in [3.8, 4) is 0 Å². The number of nitrogens with zero attached hydrogens (tertiary/aromatic N) is 2. The highest BCUT2D eigenvalue weighted by Crippen LogP contribution is 2.44. The van der Waals surface area contributed by atoms with Gasteiger partial charge in [-0.05, 0) is 42.8 Å². The molecule has 0 saturated carbocycles. The normalized spacial score (nSPS) is 24.4. The van der Waals surface area contributed by atoms with Gasteiger partial charge in [0.2, 0.25) is 0 Å². The van der Waals surface area contributed by atoms with Crippen LogP contribution >= 0.6 is 12.4 Å². The van der Waals surface area contributed by atoms with Crippen LogP contribution in [-0.2, 0) is 0 Å². The summed E-state index contributed by atoms with van der Waals surface area (Å²) in [7, 11) is 2.08. The van der Waals surface area contributed by atoms with Crippen molar-refractivity contribution in [1.82, 2.24) is 9.80 Å². The monoisotopic (exact) mass is 400 g/mol. The molecule has 2 aromatic carbocycles. The van der Waals surface area contributed by atoms with Gasteiger partial charge < -0.3 is 9.32 Å². The van der Waals surface area contributed by atoms with Crippen LogP contribution in [-0.4, -0.2) is 42.4 Å². The number of rotatable bonds is 2. The third-order valence-corrected chi connectivity index (χ3v) is 6.01. The second-order valence-corrected chi connectivity index (χ2v) is 7.72. The number of carbonyl (C=O) groups is 1. The summed E-state index contributed by atoms with van der Waals surface area (Å²) >= 11 is 0. The SMILES string of the molecule is CN1C[C@H]2CN(C(=O)c3cc4ccccc4o3)C[C@H]2[C@@H]1c1cccc(F)c1.Cl. The molecule has 3 atom stereocenters. The van der Waals surface area contributed by atoms with Gasteiger partial charge in [-0.1, -0.05) is 30.3 Å². The molecule has 0 aliphatic carbocycles. The number of para-hydroxylation sites is 1. The zero-order valence-electron chi connectivity index (χ0n) is 15.5. The second-order valence-electron chi connectivity index (χ2n) is 7.72. The van der Waals surface area contributed by atoms with Crippen LogP contribution < -0.4 is 0 Å². The van der Waals surface area contributed by atoms with E-state index in [1.807, 2.05) is 41.3 Å². The number of likely N-dealkylation sites (tertiary alicyclic amines) is 2. The number of halogens is 2. The van der Waals surface area contributed by atoms with E-state index in [-0.39, 0.29) is 30.2 Å². The van der Waals surface area contributed by atoms with Gasteiger partial charge in [0.25, 0.3) is 5.91 Å². The summed E-state index contributed by atoms with van der Waals surface area (Å²) in [6, 6.07) is 16.5. The molecule has 2 aliphatic heterocycles. The number of benzene rings is 2. The molecule has 0 unspecified atom stereocenters. The zero-order chi connectivity index (χ0) is 18.5. The highest BCUT2D eigenvalue weighted by molar-refractivity contribution is 5.96. The Balaban J connectivity index is 0.00000192. The van der Waals surface area contributed by atoms with E-state index in [0.717, 1.165) is 29.6 Å². The first-order valence-electron chi connectivity index (χ1n) is 9.34. The first-order chi connectivity index (χ1) is 13.1. The molecule has 0 radical (unpaired) electrons. The van der Waals surface area contributed by atoms with Crippen molar-refractivity contribution >= 4 is 29.3 Å². The summed E-state index contributed by atoms with van der Waals surface area (Å²) in [5.74, 6) is 0.840. The van der Waals surface area contributed by atoms with Crippen molar-refractivity contribution in [3.05, 3.63) is 71.7 Å². The molecule has 6 heteroatoms. The molecule has 1 aromatic heterocycles. The van der Waals surface area contributed by atoms with E-state index in [0.29, 0.717) is 24.1 Å². The molecule has 28 heavy (non-hydrogen) atoms. The Kier molecular flexibility index (Phi) is 4.89. The molecule has 0 bridgehead atoms. The number of fused-ring (bicyclic) bond motifs is 2. The van der Waals surface area contributed by atoms with Gasteiger partial charge >= 0.3 is 0 Å². The molecule has 2 saturated heterocycles. The quantitative estimate of drug-likeness (QED) is 0.641. The number of hydrogen-bond acceptors (Lipinski definition) is 3. The van der Waals surface area contributed by atoms with Gasteiger partial charge in [0.15, 0.2) is 5.76 Å². The standard InChI is InChI=1S/C22H21FN2O2.ClH/c1-24-11-16-12-25(13-18(16)21(24)15-6-4-7-17(23)9-15)22(26)20-10-14-5-2-3-8-19(14)27-20;/h2-10,16,18,21H,11-13H2,1H3;1H/t16-,18+,21-;/m0./s1. The van der Waals surface area contributed by atoms with Gasteiger partial charge in [-0.25, -0.2) is 4.39 Å². The maximum absolute atomic E-state index is 13.7. The summed E-state index contributed by atoms with van der Waals surface area (Å²) in [4.78, 5) is 17.2. The molecular formula is C22H22ClFN2O2. The summed E-state index contributed by atoms with van der Waals surface area (Å²) in [5.41, 5.74) is 1.72. The Morgan fingerprint density at radius 1 is 1.07 bits per heavy atom. The maximum Gasteiger partial charge on any atom is 0.289 e. The highest BCUT2D eigenvalue weighted by Gasteiger charge is 2.47. The Bertz CT molecular complexity index is 987. The smallest absolute Gasteiger partial charge is 0.289 e. The first-order valence-corrected chi connectivity index (χ1v) is 9.34. The van der Waals surface area contributed by atoms with Crippen molar-refractivity contribution in [1.29, 1.82) is 0 Å². The van der Waals surface area contributed by atoms with Crippen molar-refractivity contribution in [2.45, 2.75) is 6.04 Å². The van der Waals surface area contributed by atoms with Gasteiger partial charge in [-0.15, -0.1) is 12.4 Å². The fraction of sp³-hybridized carbons (Fsp3) is 0.318. The van der Waals surface area contributed by atoms with Gasteiger partial charge in [-0.3, -0.25) is 9.69 Å². The Morgan fingerprint density at radius 2 is 1.89 bits per heavy atom. The van der Waals surface area contributed by atoms with E-state index < -0.39 is 0 Å². The molecule has 5 rings (SSSR count). The fourth-order valence-electron chi connectivity index (χ4n) is 4.86. The van der Waals surface area contributed by atoms with E-state index in [1.165, 1.54) is 6.07 Å². The number of furan rings is 1. The van der Waals surface area contributed by atoms with Crippen molar-refractivity contribution in [2.75, 3.05) is 26.7 Å². The van der Waals surface area contributed by atoms with Gasteiger partial charge in [0.1, 0.15) is 11.4 Å². The van der Waals surface area contributed by atoms with E-state index in [9.17, 15) is 9.18 Å². The minimum Gasteiger partial charge on any atom is -0.451 e. The Labute approximate surface area is 169 Å². The average molecular weight is 401 g/mol. The Morgan fingerprint density at radius 3 is 2.68 bits per heavy atom. The minimum atomic E-state index is -0.211. The van der Waals surface area contributed by atoms with Crippen LogP contribution in [0.3, 0.4) is 0 Å². The lowest BCUT2D eigenvalue weighted by Gasteiger charge is -2.26. The maximum atomic E-state index is 13.7. The molecule has 0 N–H and O–H groups in total. The van der Waals surface area contributed by atoms with Gasteiger partial charge in [0, 0.05) is 37.0 Å². The number of carbonyl (C=O) groups excluding carboxylic acids is 1. The fourth-order valence-corrected chi connectivity index (χ4v) is 4.86. The summed E-state index contributed by atoms with van der Waals surface area (Å²) < 4.78 is 19.5. The van der Waals surface area contributed by atoms with Crippen molar-refractivity contribution in [2.24, 2.45) is 11.8 Å². The molecule has 146 valence electrons. The van der Waals surface area contributed by atoms with Crippen LogP contribution in [0.25, 0.3) is 11.0 Å². The molecule has 0 spiro atoms. The van der Waals surface area contributed by atoms with E-state index in [4.69, 9.17) is 4.42 Å². The van der Waals surface area contributed by atoms with E-state index in [2.05, 4.69) is 11.9 Å². The molecular weight excluding hydrogens is 379 g/mol. The molecule has 1 amide bonds. The molecule has 3 aromatic rings. The number of amides is 1. The lowest BCUT2D eigenvalue weighted by atomic mass is 9.89. The highest BCUT2D eigenvalue weighted by atomic mass is 35.5. The number of hydrogen-bond donors (Lipinski definition) is 0. The molecule has 3 heterocycles. The summed E-state index contributed by atoms with van der Waals surface area (Å²) in [6.07, 6.45) is 0. The van der Waals surface area contributed by atoms with E-state index in [1.54, 1.807) is 12.1 Å². The predicted octanol–water partition coefficient (Wildman–Crippen LogP) is 4.37. The minimum absolute atomic E-state index is 0.